The first-order valence-electron chi connectivity index (χ1n) is 13.7. The van der Waals surface area contributed by atoms with Crippen molar-refractivity contribution in [3.63, 3.8) is 0 Å². The van der Waals surface area contributed by atoms with Gasteiger partial charge in [-0.2, -0.15) is 0 Å². The fourth-order valence-electron chi connectivity index (χ4n) is 10.1. The summed E-state index contributed by atoms with van der Waals surface area (Å²) in [6.07, 6.45) is 16.9. The second-order valence-corrected chi connectivity index (χ2v) is 15.6. The number of allylic oxidation sites excluding steroid dienone is 4. The maximum atomic E-state index is 6.71. The molecule has 2 bridgehead atoms. The topological polar surface area (TPSA) is 9.23 Å². The lowest BCUT2D eigenvalue weighted by molar-refractivity contribution is -0.198. The van der Waals surface area contributed by atoms with Gasteiger partial charge in [-0.25, -0.2) is 0 Å². The molecule has 6 aliphatic rings. The standard InChI is InChI=1S/C30H46OS/c1-19(2)21-10-12-27(5)22-9-8-20-24-25-26(3,4)14-16-30(24,18-31-25)17-15-28(20,6)29(22,7)13-11-23(27)32-21/h10-11,19-20,22,24-25H,8-9,12-18H2,1-7H3/t20-,22-,24+,25-,27-,28-,29-,30-/m1/s1. The van der Waals surface area contributed by atoms with Gasteiger partial charge in [0.15, 0.2) is 0 Å². The SMILES string of the molecule is CC(C)C1=CC[C@@]2(C)C(=CC[C@]3(C)[C@@H]2CC[C@@H]2[C@H]4[C@H]5OC[C@@]4(CCC5(C)C)CC[C@]23C)S1. The van der Waals surface area contributed by atoms with E-state index in [1.807, 2.05) is 0 Å². The Hall–Kier alpha value is -0.210. The van der Waals surface area contributed by atoms with Crippen molar-refractivity contribution in [2.75, 3.05) is 6.61 Å². The molecule has 0 N–H and O–H groups in total. The van der Waals surface area contributed by atoms with Crippen LogP contribution in [0.1, 0.15) is 99.8 Å². The molecule has 0 spiro atoms. The van der Waals surface area contributed by atoms with Gasteiger partial charge in [-0.15, -0.1) is 0 Å². The highest BCUT2D eigenvalue weighted by molar-refractivity contribution is 8.06. The van der Waals surface area contributed by atoms with Crippen LogP contribution in [-0.2, 0) is 4.74 Å². The zero-order chi connectivity index (χ0) is 22.7. The Kier molecular flexibility index (Phi) is 4.67. The van der Waals surface area contributed by atoms with Crippen molar-refractivity contribution in [2.45, 2.75) is 106 Å². The lowest BCUT2D eigenvalue weighted by atomic mass is 9.35. The number of thioether (sulfide) groups is 1. The summed E-state index contributed by atoms with van der Waals surface area (Å²) in [6, 6.07) is 0. The van der Waals surface area contributed by atoms with Crippen molar-refractivity contribution >= 4 is 11.8 Å². The van der Waals surface area contributed by atoms with Crippen LogP contribution in [0.3, 0.4) is 0 Å². The van der Waals surface area contributed by atoms with Crippen molar-refractivity contribution in [3.8, 4) is 0 Å². The van der Waals surface area contributed by atoms with Crippen LogP contribution in [0.4, 0.5) is 0 Å². The fraction of sp³-hybridized carbons (Fsp3) is 0.867. The first kappa shape index (κ1) is 22.3. The molecule has 8 atom stereocenters. The third-order valence-electron chi connectivity index (χ3n) is 12.4. The van der Waals surface area contributed by atoms with Gasteiger partial charge in [0, 0.05) is 5.41 Å². The van der Waals surface area contributed by atoms with Gasteiger partial charge >= 0.3 is 0 Å². The summed E-state index contributed by atoms with van der Waals surface area (Å²) in [4.78, 5) is 3.32. The Balaban J connectivity index is 1.39. The minimum absolute atomic E-state index is 0.348. The molecule has 3 saturated carbocycles. The number of hydrogen-bond acceptors (Lipinski definition) is 2. The molecule has 0 aromatic rings. The molecule has 1 saturated heterocycles. The molecular formula is C30H46OS. The molecule has 4 fully saturated rings. The number of fused-ring (bicyclic) bond motifs is 5. The molecule has 0 aromatic carbocycles. The molecule has 178 valence electrons. The third-order valence-corrected chi connectivity index (χ3v) is 14.1. The lowest BCUT2D eigenvalue weighted by Crippen LogP contribution is -2.64. The van der Waals surface area contributed by atoms with E-state index in [0.717, 1.165) is 24.4 Å². The third kappa shape index (κ3) is 2.58. The number of hydrogen-bond donors (Lipinski definition) is 0. The monoisotopic (exact) mass is 454 g/mol. The van der Waals surface area contributed by atoms with E-state index >= 15 is 0 Å². The fourth-order valence-corrected chi connectivity index (χ4v) is 11.4. The molecule has 2 aliphatic heterocycles. The summed E-state index contributed by atoms with van der Waals surface area (Å²) in [6.45, 7) is 18.9. The van der Waals surface area contributed by atoms with Crippen LogP contribution in [0, 0.1) is 50.7 Å². The quantitative estimate of drug-likeness (QED) is 0.392. The molecule has 0 aromatic heterocycles. The smallest absolute Gasteiger partial charge is 0.0663 e. The first-order valence-corrected chi connectivity index (χ1v) is 14.5. The van der Waals surface area contributed by atoms with Crippen LogP contribution in [0.25, 0.3) is 0 Å². The predicted molar refractivity (Wildman–Crippen MR) is 136 cm³/mol. The van der Waals surface area contributed by atoms with Crippen molar-refractivity contribution < 1.29 is 4.74 Å². The number of ether oxygens (including phenoxy) is 1. The number of rotatable bonds is 1. The Labute approximate surface area is 201 Å². The largest absolute Gasteiger partial charge is 0.377 e. The van der Waals surface area contributed by atoms with Crippen LogP contribution in [0.5, 0.6) is 0 Å². The van der Waals surface area contributed by atoms with Crippen molar-refractivity contribution in [3.05, 3.63) is 22.0 Å². The Morgan fingerprint density at radius 3 is 2.41 bits per heavy atom. The lowest BCUT2D eigenvalue weighted by Gasteiger charge is -2.70. The molecule has 32 heavy (non-hydrogen) atoms. The molecule has 0 unspecified atom stereocenters. The molecule has 0 amide bonds. The Morgan fingerprint density at radius 1 is 0.906 bits per heavy atom. The van der Waals surface area contributed by atoms with Crippen molar-refractivity contribution in [2.24, 2.45) is 50.7 Å². The van der Waals surface area contributed by atoms with E-state index < -0.39 is 0 Å². The highest BCUT2D eigenvalue weighted by Crippen LogP contribution is 2.76. The van der Waals surface area contributed by atoms with Gasteiger partial charge in [-0.3, -0.25) is 0 Å². The average molecular weight is 455 g/mol. The molecule has 4 aliphatic carbocycles. The molecular weight excluding hydrogens is 408 g/mol. The molecule has 1 nitrogen and oxygen atoms in total. The highest BCUT2D eigenvalue weighted by atomic mass is 32.2. The summed E-state index contributed by atoms with van der Waals surface area (Å²) < 4.78 is 6.71. The Bertz CT molecular complexity index is 883. The zero-order valence-electron chi connectivity index (χ0n) is 21.7. The van der Waals surface area contributed by atoms with Gasteiger partial charge < -0.3 is 4.74 Å². The van der Waals surface area contributed by atoms with Crippen LogP contribution < -0.4 is 0 Å². The molecule has 2 heteroatoms. The second-order valence-electron chi connectivity index (χ2n) is 14.4. The summed E-state index contributed by atoms with van der Waals surface area (Å²) in [5.41, 5.74) is 2.06. The summed E-state index contributed by atoms with van der Waals surface area (Å²) in [5.74, 6) is 3.12. The minimum Gasteiger partial charge on any atom is -0.377 e. The molecule has 6 rings (SSSR count). The van der Waals surface area contributed by atoms with Crippen LogP contribution in [-0.4, -0.2) is 12.7 Å². The molecule has 0 radical (unpaired) electrons. The summed E-state index contributed by atoms with van der Waals surface area (Å²) in [5, 5.41) is 0. The zero-order valence-corrected chi connectivity index (χ0v) is 22.5. The van der Waals surface area contributed by atoms with E-state index in [9.17, 15) is 0 Å². The van der Waals surface area contributed by atoms with Crippen LogP contribution in [0.2, 0.25) is 0 Å². The Morgan fingerprint density at radius 2 is 1.66 bits per heavy atom. The van der Waals surface area contributed by atoms with Crippen molar-refractivity contribution in [1.82, 2.24) is 0 Å². The second kappa shape index (κ2) is 6.71. The van der Waals surface area contributed by atoms with E-state index in [4.69, 9.17) is 4.74 Å². The first-order chi connectivity index (χ1) is 15.0. The van der Waals surface area contributed by atoms with Crippen molar-refractivity contribution in [1.29, 1.82) is 0 Å². The summed E-state index contributed by atoms with van der Waals surface area (Å²) in [7, 11) is 0. The van der Waals surface area contributed by atoms with Gasteiger partial charge in [0.25, 0.3) is 0 Å². The van der Waals surface area contributed by atoms with E-state index in [1.54, 1.807) is 9.81 Å². The normalized spacial score (nSPS) is 53.5. The average Bonchev–Trinajstić information content (AvgIpc) is 3.07. The van der Waals surface area contributed by atoms with E-state index in [1.165, 1.54) is 51.4 Å². The maximum absolute atomic E-state index is 6.71. The van der Waals surface area contributed by atoms with Gasteiger partial charge in [-0.1, -0.05) is 72.4 Å². The predicted octanol–water partition coefficient (Wildman–Crippen LogP) is 8.61. The van der Waals surface area contributed by atoms with Gasteiger partial charge in [0.1, 0.15) is 0 Å². The maximum Gasteiger partial charge on any atom is 0.0663 e. The van der Waals surface area contributed by atoms with Gasteiger partial charge in [0.2, 0.25) is 0 Å². The summed E-state index contributed by atoms with van der Waals surface area (Å²) >= 11 is 2.14. The van der Waals surface area contributed by atoms with Crippen LogP contribution >= 0.6 is 11.8 Å². The van der Waals surface area contributed by atoms with E-state index in [0.29, 0.717) is 39.1 Å². The molecule has 2 heterocycles. The van der Waals surface area contributed by atoms with E-state index in [2.05, 4.69) is 72.4 Å². The van der Waals surface area contributed by atoms with E-state index in [-0.39, 0.29) is 0 Å². The highest BCUT2D eigenvalue weighted by Gasteiger charge is 2.71. The van der Waals surface area contributed by atoms with Gasteiger partial charge in [0.05, 0.1) is 12.7 Å². The van der Waals surface area contributed by atoms with Crippen LogP contribution in [0.15, 0.2) is 22.0 Å². The van der Waals surface area contributed by atoms with Gasteiger partial charge in [-0.05, 0) is 107 Å². The minimum atomic E-state index is 0.348.